The molecular formula is C13H18FNO. The third-order valence-corrected chi connectivity index (χ3v) is 3.19. The maximum atomic E-state index is 13.5. The molecule has 1 aromatic carbocycles. The molecule has 0 spiro atoms. The lowest BCUT2D eigenvalue weighted by Crippen LogP contribution is -2.36. The Morgan fingerprint density at radius 2 is 2.06 bits per heavy atom. The summed E-state index contributed by atoms with van der Waals surface area (Å²) in [5.41, 5.74) is 1.53. The average molecular weight is 223 g/mol. The summed E-state index contributed by atoms with van der Waals surface area (Å²) >= 11 is 0. The van der Waals surface area contributed by atoms with Crippen LogP contribution >= 0.6 is 0 Å². The van der Waals surface area contributed by atoms with Gasteiger partial charge in [-0.15, -0.1) is 0 Å². The summed E-state index contributed by atoms with van der Waals surface area (Å²) in [6, 6.07) is 4.99. The smallest absolute Gasteiger partial charge is 0.146 e. The predicted molar refractivity (Wildman–Crippen MR) is 63.0 cm³/mol. The van der Waals surface area contributed by atoms with E-state index in [1.54, 1.807) is 12.1 Å². The number of halogens is 1. The molecule has 2 nitrogen and oxygen atoms in total. The van der Waals surface area contributed by atoms with Crippen molar-refractivity contribution in [2.45, 2.75) is 44.8 Å². The molecule has 0 heterocycles. The number of anilines is 1. The van der Waals surface area contributed by atoms with E-state index in [9.17, 15) is 9.50 Å². The van der Waals surface area contributed by atoms with Crippen LogP contribution < -0.4 is 5.32 Å². The third kappa shape index (κ3) is 2.53. The van der Waals surface area contributed by atoms with Crippen molar-refractivity contribution in [1.29, 1.82) is 0 Å². The van der Waals surface area contributed by atoms with Gasteiger partial charge in [-0.1, -0.05) is 18.9 Å². The topological polar surface area (TPSA) is 32.3 Å². The molecule has 1 fully saturated rings. The second-order valence-corrected chi connectivity index (χ2v) is 4.59. The first-order chi connectivity index (χ1) is 7.66. The third-order valence-electron chi connectivity index (χ3n) is 3.19. The Hall–Kier alpha value is -1.09. The summed E-state index contributed by atoms with van der Waals surface area (Å²) < 4.78 is 13.5. The molecule has 0 amide bonds. The minimum absolute atomic E-state index is 0.00921. The van der Waals surface area contributed by atoms with Crippen LogP contribution in [-0.2, 0) is 0 Å². The van der Waals surface area contributed by atoms with E-state index < -0.39 is 0 Å². The minimum atomic E-state index is -0.353. The van der Waals surface area contributed by atoms with E-state index in [1.165, 1.54) is 6.07 Å². The van der Waals surface area contributed by atoms with Crippen LogP contribution in [0.4, 0.5) is 10.1 Å². The molecular weight excluding hydrogens is 205 g/mol. The van der Waals surface area contributed by atoms with Gasteiger partial charge in [0, 0.05) is 0 Å². The van der Waals surface area contributed by atoms with E-state index in [4.69, 9.17) is 0 Å². The first-order valence-corrected chi connectivity index (χ1v) is 5.87. The second-order valence-electron chi connectivity index (χ2n) is 4.59. The molecule has 1 aliphatic carbocycles. The van der Waals surface area contributed by atoms with Crippen LogP contribution in [0.5, 0.6) is 0 Å². The summed E-state index contributed by atoms with van der Waals surface area (Å²) in [4.78, 5) is 0. The standard InChI is InChI=1S/C13H18FNO/c1-9-6-7-10(14)12(8-9)15-11-4-2-3-5-13(11)16/h6-8,11,13,15-16H,2-5H2,1H3/t11-,13-/m0/s1. The molecule has 2 rings (SSSR count). The fraction of sp³-hybridized carbons (Fsp3) is 0.538. The van der Waals surface area contributed by atoms with Crippen molar-refractivity contribution in [1.82, 2.24) is 0 Å². The molecule has 0 bridgehead atoms. The molecule has 0 aromatic heterocycles. The number of hydrogen-bond donors (Lipinski definition) is 2. The molecule has 0 unspecified atom stereocenters. The Morgan fingerprint density at radius 1 is 1.31 bits per heavy atom. The Labute approximate surface area is 95.5 Å². The number of aliphatic hydroxyl groups excluding tert-OH is 1. The molecule has 2 N–H and O–H groups in total. The van der Waals surface area contributed by atoms with Crippen LogP contribution in [0.2, 0.25) is 0 Å². The van der Waals surface area contributed by atoms with Crippen molar-refractivity contribution in [2.75, 3.05) is 5.32 Å². The SMILES string of the molecule is Cc1ccc(F)c(N[C@H]2CCCC[C@@H]2O)c1. The summed E-state index contributed by atoms with van der Waals surface area (Å²) in [6.45, 7) is 1.93. The van der Waals surface area contributed by atoms with Crippen molar-refractivity contribution in [3.8, 4) is 0 Å². The molecule has 0 radical (unpaired) electrons. The lowest BCUT2D eigenvalue weighted by molar-refractivity contribution is 0.116. The number of benzene rings is 1. The quantitative estimate of drug-likeness (QED) is 0.808. The number of rotatable bonds is 2. The van der Waals surface area contributed by atoms with E-state index in [0.29, 0.717) is 5.69 Å². The molecule has 88 valence electrons. The largest absolute Gasteiger partial charge is 0.391 e. The summed E-state index contributed by atoms with van der Waals surface area (Å²) in [6.07, 6.45) is 3.53. The van der Waals surface area contributed by atoms with Gasteiger partial charge in [0.05, 0.1) is 17.8 Å². The van der Waals surface area contributed by atoms with Crippen molar-refractivity contribution in [3.05, 3.63) is 29.6 Å². The van der Waals surface area contributed by atoms with Crippen molar-refractivity contribution in [3.63, 3.8) is 0 Å². The molecule has 3 heteroatoms. The maximum absolute atomic E-state index is 13.5. The summed E-state index contributed by atoms with van der Waals surface area (Å²) in [5.74, 6) is -0.247. The van der Waals surface area contributed by atoms with E-state index in [2.05, 4.69) is 5.32 Å². The summed E-state index contributed by atoms with van der Waals surface area (Å²) in [7, 11) is 0. The van der Waals surface area contributed by atoms with Gasteiger partial charge in [-0.3, -0.25) is 0 Å². The van der Waals surface area contributed by atoms with Gasteiger partial charge in [0.15, 0.2) is 0 Å². The molecule has 1 aliphatic rings. The van der Waals surface area contributed by atoms with Crippen molar-refractivity contribution >= 4 is 5.69 Å². The fourth-order valence-electron chi connectivity index (χ4n) is 2.23. The molecule has 0 aliphatic heterocycles. The van der Waals surface area contributed by atoms with Gasteiger partial charge < -0.3 is 10.4 Å². The lowest BCUT2D eigenvalue weighted by Gasteiger charge is -2.29. The van der Waals surface area contributed by atoms with Gasteiger partial charge in [-0.2, -0.15) is 0 Å². The van der Waals surface area contributed by atoms with Gasteiger partial charge in [0.1, 0.15) is 5.82 Å². The Morgan fingerprint density at radius 3 is 2.81 bits per heavy atom. The van der Waals surface area contributed by atoms with Crippen molar-refractivity contribution < 1.29 is 9.50 Å². The fourth-order valence-corrected chi connectivity index (χ4v) is 2.23. The van der Waals surface area contributed by atoms with Crippen LogP contribution in [0, 0.1) is 12.7 Å². The highest BCUT2D eigenvalue weighted by Crippen LogP contribution is 2.24. The molecule has 1 saturated carbocycles. The number of hydrogen-bond acceptors (Lipinski definition) is 2. The molecule has 1 aromatic rings. The predicted octanol–water partition coefficient (Wildman–Crippen LogP) is 2.85. The van der Waals surface area contributed by atoms with E-state index in [0.717, 1.165) is 31.2 Å². The Bertz CT molecular complexity index is 367. The lowest BCUT2D eigenvalue weighted by atomic mass is 9.92. The molecule has 2 atom stereocenters. The average Bonchev–Trinajstić information content (AvgIpc) is 2.27. The second kappa shape index (κ2) is 4.83. The maximum Gasteiger partial charge on any atom is 0.146 e. The van der Waals surface area contributed by atoms with E-state index in [-0.39, 0.29) is 18.0 Å². The summed E-state index contributed by atoms with van der Waals surface area (Å²) in [5, 5.41) is 12.9. The number of nitrogens with one attached hydrogen (secondary N) is 1. The zero-order valence-corrected chi connectivity index (χ0v) is 9.54. The van der Waals surface area contributed by atoms with Crippen LogP contribution in [0.25, 0.3) is 0 Å². The zero-order chi connectivity index (χ0) is 11.5. The normalized spacial score (nSPS) is 25.4. The highest BCUT2D eigenvalue weighted by molar-refractivity contribution is 5.48. The number of aryl methyl sites for hydroxylation is 1. The van der Waals surface area contributed by atoms with Gasteiger partial charge in [-0.05, 0) is 37.5 Å². The number of aliphatic hydroxyl groups is 1. The van der Waals surface area contributed by atoms with Gasteiger partial charge >= 0.3 is 0 Å². The minimum Gasteiger partial charge on any atom is -0.391 e. The molecule has 0 saturated heterocycles. The van der Waals surface area contributed by atoms with Crippen LogP contribution in [-0.4, -0.2) is 17.3 Å². The van der Waals surface area contributed by atoms with Crippen LogP contribution in [0.15, 0.2) is 18.2 Å². The van der Waals surface area contributed by atoms with Gasteiger partial charge in [-0.25, -0.2) is 4.39 Å². The zero-order valence-electron chi connectivity index (χ0n) is 9.54. The first-order valence-electron chi connectivity index (χ1n) is 5.87. The van der Waals surface area contributed by atoms with Crippen LogP contribution in [0.3, 0.4) is 0 Å². The van der Waals surface area contributed by atoms with Crippen LogP contribution in [0.1, 0.15) is 31.2 Å². The van der Waals surface area contributed by atoms with Crippen molar-refractivity contribution in [2.24, 2.45) is 0 Å². The molecule has 16 heavy (non-hydrogen) atoms. The first kappa shape index (κ1) is 11.4. The monoisotopic (exact) mass is 223 g/mol. The highest BCUT2D eigenvalue weighted by atomic mass is 19.1. The Balaban J connectivity index is 2.10. The van der Waals surface area contributed by atoms with Gasteiger partial charge in [0.2, 0.25) is 0 Å². The van der Waals surface area contributed by atoms with E-state index >= 15 is 0 Å². The Kier molecular flexibility index (Phi) is 3.44. The highest BCUT2D eigenvalue weighted by Gasteiger charge is 2.23. The van der Waals surface area contributed by atoms with E-state index in [1.807, 2.05) is 6.92 Å². The van der Waals surface area contributed by atoms with Gasteiger partial charge in [0.25, 0.3) is 0 Å².